The number of nitrogens with zero attached hydrogens (tertiary/aromatic N) is 4. The van der Waals surface area contributed by atoms with E-state index >= 15 is 0 Å². The third-order valence-corrected chi connectivity index (χ3v) is 19.2. The molecule has 0 spiro atoms. The number of hydrogen-bond donors (Lipinski definition) is 0. The number of rotatable bonds is 14. The monoisotopic (exact) mass is 1210 g/mol. The van der Waals surface area contributed by atoms with Crippen molar-refractivity contribution >= 4 is 111 Å². The van der Waals surface area contributed by atoms with Gasteiger partial charge in [-0.3, -0.25) is 0 Å². The molecule has 0 aromatic heterocycles. The first-order chi connectivity index (χ1) is 46.8. The van der Waals surface area contributed by atoms with Crippen molar-refractivity contribution in [3.8, 4) is 33.4 Å². The van der Waals surface area contributed by atoms with Gasteiger partial charge in [0.2, 0.25) is 0 Å². The van der Waals surface area contributed by atoms with Crippen molar-refractivity contribution < 1.29 is 0 Å². The van der Waals surface area contributed by atoms with Crippen LogP contribution in [0.3, 0.4) is 0 Å². The Balaban J connectivity index is 0.830. The van der Waals surface area contributed by atoms with Gasteiger partial charge in [-0.1, -0.05) is 232 Å². The lowest BCUT2D eigenvalue weighted by Gasteiger charge is -2.31. The molecule has 0 amide bonds. The molecule has 0 aliphatic heterocycles. The smallest absolute Gasteiger partial charge is 0.0488 e. The Morgan fingerprint density at radius 1 is 0.168 bits per heavy atom. The summed E-state index contributed by atoms with van der Waals surface area (Å²) in [6.07, 6.45) is 0. The summed E-state index contributed by atoms with van der Waals surface area (Å²) in [6, 6.07) is 134. The Morgan fingerprint density at radius 2 is 0.411 bits per heavy atom. The zero-order valence-electron chi connectivity index (χ0n) is 52.9. The zero-order valence-corrected chi connectivity index (χ0v) is 52.9. The van der Waals surface area contributed by atoms with Gasteiger partial charge in [-0.2, -0.15) is 0 Å². The second-order valence-electron chi connectivity index (χ2n) is 25.4. The molecule has 0 saturated heterocycles. The van der Waals surface area contributed by atoms with Crippen LogP contribution in [0.1, 0.15) is 25.0 Å². The number of fused-ring (bicyclic) bond motifs is 7. The Bertz CT molecular complexity index is 4920. The van der Waals surface area contributed by atoms with Crippen LogP contribution < -0.4 is 19.6 Å². The van der Waals surface area contributed by atoms with Gasteiger partial charge in [0, 0.05) is 73.7 Å². The maximum Gasteiger partial charge on any atom is 0.0488 e. The van der Waals surface area contributed by atoms with Gasteiger partial charge >= 0.3 is 0 Å². The van der Waals surface area contributed by atoms with Gasteiger partial charge < -0.3 is 19.6 Å². The van der Waals surface area contributed by atoms with Crippen LogP contribution >= 0.6 is 0 Å². The minimum absolute atomic E-state index is 0.373. The fraction of sp³-hybridized carbons (Fsp3) is 0.0330. The van der Waals surface area contributed by atoms with E-state index in [9.17, 15) is 0 Å². The van der Waals surface area contributed by atoms with E-state index in [1.54, 1.807) is 0 Å². The van der Waals surface area contributed by atoms with Crippen LogP contribution in [-0.4, -0.2) is 0 Å². The Morgan fingerprint density at radius 3 is 0.674 bits per heavy atom. The second kappa shape index (κ2) is 23.8. The molecule has 0 N–H and O–H groups in total. The predicted octanol–water partition coefficient (Wildman–Crippen LogP) is 25.8. The molecule has 450 valence electrons. The van der Waals surface area contributed by atoms with E-state index < -0.39 is 0 Å². The molecule has 0 saturated carbocycles. The first kappa shape index (κ1) is 56.7. The van der Waals surface area contributed by atoms with Crippen LogP contribution in [0.4, 0.5) is 68.2 Å². The molecule has 0 fully saturated rings. The van der Waals surface area contributed by atoms with Gasteiger partial charge in [0.1, 0.15) is 0 Å². The second-order valence-corrected chi connectivity index (χ2v) is 25.4. The Hall–Kier alpha value is -12.2. The van der Waals surface area contributed by atoms with Crippen molar-refractivity contribution in [3.63, 3.8) is 0 Å². The van der Waals surface area contributed by atoms with Gasteiger partial charge in [-0.25, -0.2) is 0 Å². The fourth-order valence-corrected chi connectivity index (χ4v) is 14.5. The molecule has 0 atom stereocenters. The van der Waals surface area contributed by atoms with E-state index in [1.165, 1.54) is 65.3 Å². The molecule has 1 aliphatic carbocycles. The van der Waals surface area contributed by atoms with Crippen molar-refractivity contribution in [2.45, 2.75) is 19.3 Å². The van der Waals surface area contributed by atoms with E-state index in [2.05, 4.69) is 397 Å². The van der Waals surface area contributed by atoms with Crippen LogP contribution in [0.5, 0.6) is 0 Å². The summed E-state index contributed by atoms with van der Waals surface area (Å²) in [5, 5.41) is 9.56. The van der Waals surface area contributed by atoms with Crippen LogP contribution in [0, 0.1) is 0 Å². The van der Waals surface area contributed by atoms with Crippen molar-refractivity contribution in [1.82, 2.24) is 0 Å². The first-order valence-corrected chi connectivity index (χ1v) is 32.8. The summed E-state index contributed by atoms with van der Waals surface area (Å²) >= 11 is 0. The minimum atomic E-state index is -0.373. The normalized spacial score (nSPS) is 12.2. The van der Waals surface area contributed by atoms with Gasteiger partial charge in [-0.15, -0.1) is 0 Å². The lowest BCUT2D eigenvalue weighted by Crippen LogP contribution is -2.15. The number of para-hydroxylation sites is 4. The highest BCUT2D eigenvalue weighted by Crippen LogP contribution is 2.53. The van der Waals surface area contributed by atoms with Gasteiger partial charge in [0.05, 0.1) is 0 Å². The van der Waals surface area contributed by atoms with E-state index in [0.717, 1.165) is 90.5 Å². The predicted molar refractivity (Wildman–Crippen MR) is 404 cm³/mol. The third kappa shape index (κ3) is 10.6. The van der Waals surface area contributed by atoms with Crippen molar-refractivity contribution in [2.24, 2.45) is 0 Å². The Kier molecular flexibility index (Phi) is 14.2. The SMILES string of the molecule is CC1(C)c2cc(-c3cc(N(c4ccccc4)c4ccc5ccccc5c4)cc(N(c4ccccc4)c4ccc5ccccc5c4)c3)ccc2-c2ccc(-c3cc(N(c4ccccc4)c4ccc5ccccc5c4)cc(N(c4ccccc4)c4ccc5ccccc5c4)c3)cc21. The lowest BCUT2D eigenvalue weighted by molar-refractivity contribution is 0.661. The van der Waals surface area contributed by atoms with E-state index in [-0.39, 0.29) is 5.41 Å². The van der Waals surface area contributed by atoms with Crippen molar-refractivity contribution in [3.05, 3.63) is 375 Å². The quantitative estimate of drug-likeness (QED) is 0.108. The van der Waals surface area contributed by atoms with Gasteiger partial charge in [0.25, 0.3) is 0 Å². The lowest BCUT2D eigenvalue weighted by atomic mass is 9.80. The fourth-order valence-electron chi connectivity index (χ4n) is 14.5. The van der Waals surface area contributed by atoms with Crippen LogP contribution in [0.25, 0.3) is 76.5 Å². The molecular weight excluding hydrogens is 1150 g/mol. The molecule has 16 aromatic rings. The maximum absolute atomic E-state index is 2.48. The number of anilines is 12. The summed E-state index contributed by atoms with van der Waals surface area (Å²) in [6.45, 7) is 4.83. The molecule has 95 heavy (non-hydrogen) atoms. The average Bonchev–Trinajstić information content (AvgIpc) is 1.58. The average molecular weight is 1220 g/mol. The van der Waals surface area contributed by atoms with Crippen molar-refractivity contribution in [2.75, 3.05) is 19.6 Å². The molecule has 4 nitrogen and oxygen atoms in total. The highest BCUT2D eigenvalue weighted by atomic mass is 15.2. The van der Waals surface area contributed by atoms with Gasteiger partial charge in [-0.05, 0) is 233 Å². The van der Waals surface area contributed by atoms with E-state index in [1.807, 2.05) is 0 Å². The van der Waals surface area contributed by atoms with Crippen molar-refractivity contribution in [1.29, 1.82) is 0 Å². The Labute approximate surface area is 555 Å². The standard InChI is InChI=1S/C91H66N4/c1-91(2)89-59-71(73-55-83(92(75-31-7-3-8-32-75)79-45-39-63-23-15-19-27-67(63)51-79)61-84(56-73)93(76-33-9-4-10-34-76)80-46-40-64-24-16-20-28-68(64)52-80)43-49-87(89)88-50-44-72(60-90(88)91)74-57-85(94(77-35-11-5-12-36-77)81-47-41-65-25-17-21-29-69(65)53-81)62-86(58-74)95(78-37-13-6-14-38-78)82-48-42-66-26-18-22-30-70(66)54-82/h3-62H,1-2H3. The summed E-state index contributed by atoms with van der Waals surface area (Å²) in [5.74, 6) is 0. The van der Waals surface area contributed by atoms with Crippen LogP contribution in [-0.2, 0) is 5.41 Å². The number of hydrogen-bond acceptors (Lipinski definition) is 4. The zero-order chi connectivity index (χ0) is 63.4. The molecule has 1 aliphatic rings. The summed E-state index contributed by atoms with van der Waals surface area (Å²) in [7, 11) is 0. The molecular formula is C91H66N4. The highest BCUT2D eigenvalue weighted by molar-refractivity contribution is 5.98. The largest absolute Gasteiger partial charge is 0.310 e. The molecule has 16 aromatic carbocycles. The van der Waals surface area contributed by atoms with Crippen LogP contribution in [0.2, 0.25) is 0 Å². The molecule has 0 heterocycles. The molecule has 0 radical (unpaired) electrons. The van der Waals surface area contributed by atoms with Gasteiger partial charge in [0.15, 0.2) is 0 Å². The molecule has 17 rings (SSSR count). The third-order valence-electron chi connectivity index (χ3n) is 19.2. The molecule has 0 bridgehead atoms. The highest BCUT2D eigenvalue weighted by Gasteiger charge is 2.36. The topological polar surface area (TPSA) is 13.0 Å². The maximum atomic E-state index is 2.48. The summed E-state index contributed by atoms with van der Waals surface area (Å²) in [4.78, 5) is 9.67. The molecule has 0 unspecified atom stereocenters. The number of benzene rings is 16. The van der Waals surface area contributed by atoms with Crippen LogP contribution in [0.15, 0.2) is 364 Å². The molecule has 4 heteroatoms. The van der Waals surface area contributed by atoms with E-state index in [0.29, 0.717) is 0 Å². The first-order valence-electron chi connectivity index (χ1n) is 32.8. The van der Waals surface area contributed by atoms with E-state index in [4.69, 9.17) is 0 Å². The minimum Gasteiger partial charge on any atom is -0.310 e. The summed E-state index contributed by atoms with van der Waals surface area (Å²) < 4.78 is 0. The summed E-state index contributed by atoms with van der Waals surface area (Å²) in [5.41, 5.74) is 22.1.